The van der Waals surface area contributed by atoms with Gasteiger partial charge in [0.25, 0.3) is 0 Å². The van der Waals surface area contributed by atoms with Crippen molar-refractivity contribution >= 4 is 11.9 Å². The average Bonchev–Trinajstić information content (AvgIpc) is 2.78. The lowest BCUT2D eigenvalue weighted by molar-refractivity contribution is -0.144. The quantitative estimate of drug-likeness (QED) is 0.130. The van der Waals surface area contributed by atoms with Crippen LogP contribution in [0.15, 0.2) is 0 Å². The molecule has 0 aliphatic rings. The third-order valence-electron chi connectivity index (χ3n) is 5.91. The van der Waals surface area contributed by atoms with Crippen molar-refractivity contribution in [2.24, 2.45) is 5.92 Å². The maximum atomic E-state index is 11.3. The van der Waals surface area contributed by atoms with Crippen molar-refractivity contribution in [3.8, 4) is 0 Å². The van der Waals surface area contributed by atoms with Crippen LogP contribution in [0.2, 0.25) is 0 Å². The summed E-state index contributed by atoms with van der Waals surface area (Å²) in [7, 11) is 0. The Morgan fingerprint density at radius 2 is 1.00 bits per heavy atom. The molecular formula is C28H56O4. The molecule has 0 unspecified atom stereocenters. The smallest absolute Gasteiger partial charge is 0.306 e. The number of esters is 1. The highest BCUT2D eigenvalue weighted by atomic mass is 16.5. The molecule has 0 aliphatic heterocycles. The van der Waals surface area contributed by atoms with Gasteiger partial charge in [-0.15, -0.1) is 0 Å². The summed E-state index contributed by atoms with van der Waals surface area (Å²) in [5, 5.41) is 9.09. The molecule has 1 N–H and O–H groups in total. The van der Waals surface area contributed by atoms with Crippen LogP contribution in [0.3, 0.4) is 0 Å². The molecule has 192 valence electrons. The number of hydrogen-bond acceptors (Lipinski definition) is 3. The van der Waals surface area contributed by atoms with Gasteiger partial charge in [0.1, 0.15) is 0 Å². The van der Waals surface area contributed by atoms with Crippen LogP contribution in [-0.4, -0.2) is 23.7 Å². The molecule has 0 aromatic heterocycles. The first kappa shape index (κ1) is 33.1. The van der Waals surface area contributed by atoms with Gasteiger partial charge in [-0.3, -0.25) is 9.59 Å². The normalized spacial score (nSPS) is 10.7. The Morgan fingerprint density at radius 3 is 1.44 bits per heavy atom. The van der Waals surface area contributed by atoms with E-state index in [1.807, 2.05) is 0 Å². The summed E-state index contributed by atoms with van der Waals surface area (Å²) < 4.78 is 5.16. The highest BCUT2D eigenvalue weighted by molar-refractivity contribution is 5.69. The summed E-state index contributed by atoms with van der Waals surface area (Å²) in [5.41, 5.74) is 0. The van der Waals surface area contributed by atoms with Crippen LogP contribution in [0.25, 0.3) is 0 Å². The Labute approximate surface area is 200 Å². The fourth-order valence-corrected chi connectivity index (χ4v) is 3.69. The van der Waals surface area contributed by atoms with E-state index in [0.29, 0.717) is 13.0 Å². The Morgan fingerprint density at radius 1 is 0.594 bits per heavy atom. The topological polar surface area (TPSA) is 63.6 Å². The molecule has 0 bridgehead atoms. The summed E-state index contributed by atoms with van der Waals surface area (Å²) >= 11 is 0. The highest BCUT2D eigenvalue weighted by Gasteiger charge is 2.15. The molecule has 4 nitrogen and oxygen atoms in total. The molecule has 0 aromatic carbocycles. The van der Waals surface area contributed by atoms with Crippen molar-refractivity contribution in [3.63, 3.8) is 0 Å². The lowest BCUT2D eigenvalue weighted by atomic mass is 9.95. The summed E-state index contributed by atoms with van der Waals surface area (Å²) in [5.74, 6) is -0.685. The van der Waals surface area contributed by atoms with Crippen molar-refractivity contribution in [1.82, 2.24) is 0 Å². The molecule has 0 saturated heterocycles. The fraction of sp³-hybridized carbons (Fsp3) is 0.929. The maximum absolute atomic E-state index is 11.3. The van der Waals surface area contributed by atoms with Crippen LogP contribution in [0, 0.1) is 5.92 Å². The number of aliphatic carboxylic acids is 1. The molecule has 0 aromatic rings. The minimum absolute atomic E-state index is 0.00648. The van der Waals surface area contributed by atoms with Gasteiger partial charge in [-0.2, -0.15) is 0 Å². The van der Waals surface area contributed by atoms with Gasteiger partial charge >= 0.3 is 11.9 Å². The second-order valence-corrected chi connectivity index (χ2v) is 9.18. The second-order valence-electron chi connectivity index (χ2n) is 9.18. The zero-order valence-corrected chi connectivity index (χ0v) is 22.1. The molecule has 0 amide bonds. The number of carbonyl (C=O) groups is 2. The van der Waals surface area contributed by atoms with E-state index in [2.05, 4.69) is 27.7 Å². The van der Waals surface area contributed by atoms with Gasteiger partial charge in [-0.1, -0.05) is 124 Å². The van der Waals surface area contributed by atoms with Crippen LogP contribution >= 0.6 is 0 Å². The zero-order chi connectivity index (χ0) is 24.3. The Balaban J connectivity index is 0. The van der Waals surface area contributed by atoms with E-state index in [4.69, 9.17) is 9.84 Å². The SMILES string of the molecule is CCCCCCC(CCCCCC)C(=O)O.CCCCCCCC(=O)OCCCCCC. The van der Waals surface area contributed by atoms with Gasteiger partial charge in [0, 0.05) is 6.42 Å². The molecule has 0 radical (unpaired) electrons. The number of ether oxygens (including phenoxy) is 1. The number of carbonyl (C=O) groups excluding carboxylic acids is 1. The van der Waals surface area contributed by atoms with E-state index in [1.165, 1.54) is 83.5 Å². The molecule has 32 heavy (non-hydrogen) atoms. The van der Waals surface area contributed by atoms with Crippen molar-refractivity contribution < 1.29 is 19.4 Å². The summed E-state index contributed by atoms with van der Waals surface area (Å²) in [6.07, 6.45) is 22.4. The predicted molar refractivity (Wildman–Crippen MR) is 137 cm³/mol. The average molecular weight is 457 g/mol. The molecule has 0 fully saturated rings. The highest BCUT2D eigenvalue weighted by Crippen LogP contribution is 2.18. The Hall–Kier alpha value is -1.06. The van der Waals surface area contributed by atoms with E-state index in [-0.39, 0.29) is 11.9 Å². The fourth-order valence-electron chi connectivity index (χ4n) is 3.69. The molecule has 0 aliphatic carbocycles. The largest absolute Gasteiger partial charge is 0.481 e. The van der Waals surface area contributed by atoms with Crippen molar-refractivity contribution in [1.29, 1.82) is 0 Å². The number of unbranched alkanes of at least 4 members (excludes halogenated alkanes) is 13. The first-order valence-corrected chi connectivity index (χ1v) is 13.9. The van der Waals surface area contributed by atoms with E-state index in [0.717, 1.165) is 38.5 Å². The van der Waals surface area contributed by atoms with E-state index in [9.17, 15) is 9.59 Å². The predicted octanol–water partition coefficient (Wildman–Crippen LogP) is 9.10. The lowest BCUT2D eigenvalue weighted by Gasteiger charge is -2.11. The molecule has 0 atom stereocenters. The van der Waals surface area contributed by atoms with E-state index < -0.39 is 5.97 Å². The van der Waals surface area contributed by atoms with Crippen molar-refractivity contribution in [2.75, 3.05) is 6.61 Å². The molecule has 0 rings (SSSR count). The Bertz CT molecular complexity index is 365. The number of carboxylic acids is 1. The monoisotopic (exact) mass is 456 g/mol. The van der Waals surface area contributed by atoms with Crippen LogP contribution in [0.4, 0.5) is 0 Å². The van der Waals surface area contributed by atoms with Crippen molar-refractivity contribution in [3.05, 3.63) is 0 Å². The van der Waals surface area contributed by atoms with E-state index in [1.54, 1.807) is 0 Å². The molecule has 0 saturated carbocycles. The number of hydrogen-bond donors (Lipinski definition) is 1. The van der Waals surface area contributed by atoms with Crippen LogP contribution < -0.4 is 0 Å². The minimum atomic E-state index is -0.590. The van der Waals surface area contributed by atoms with Gasteiger partial charge in [0.05, 0.1) is 12.5 Å². The van der Waals surface area contributed by atoms with Gasteiger partial charge in [-0.05, 0) is 25.7 Å². The van der Waals surface area contributed by atoms with Gasteiger partial charge in [0.2, 0.25) is 0 Å². The second kappa shape index (κ2) is 28.0. The maximum Gasteiger partial charge on any atom is 0.306 e. The zero-order valence-electron chi connectivity index (χ0n) is 22.1. The van der Waals surface area contributed by atoms with Gasteiger partial charge in [-0.25, -0.2) is 0 Å². The number of carboxylic acid groups (broad SMARTS) is 1. The molecule has 0 heterocycles. The summed E-state index contributed by atoms with van der Waals surface area (Å²) in [6, 6.07) is 0. The van der Waals surface area contributed by atoms with Gasteiger partial charge in [0.15, 0.2) is 0 Å². The first-order valence-electron chi connectivity index (χ1n) is 13.9. The van der Waals surface area contributed by atoms with E-state index >= 15 is 0 Å². The lowest BCUT2D eigenvalue weighted by Crippen LogP contribution is -2.13. The molecular weight excluding hydrogens is 400 g/mol. The molecule has 4 heteroatoms. The van der Waals surface area contributed by atoms with Crippen LogP contribution in [-0.2, 0) is 14.3 Å². The summed E-state index contributed by atoms with van der Waals surface area (Å²) in [4.78, 5) is 22.3. The third-order valence-corrected chi connectivity index (χ3v) is 5.91. The minimum Gasteiger partial charge on any atom is -0.481 e. The van der Waals surface area contributed by atoms with Crippen LogP contribution in [0.1, 0.15) is 156 Å². The van der Waals surface area contributed by atoms with Crippen LogP contribution in [0.5, 0.6) is 0 Å². The third kappa shape index (κ3) is 27.0. The molecule has 0 spiro atoms. The van der Waals surface area contributed by atoms with Gasteiger partial charge < -0.3 is 9.84 Å². The number of rotatable bonds is 22. The first-order chi connectivity index (χ1) is 15.5. The summed E-state index contributed by atoms with van der Waals surface area (Å²) in [6.45, 7) is 9.36. The Kier molecular flexibility index (Phi) is 28.9. The standard InChI is InChI=1S/2C14H28O2/c1-3-5-7-9-10-12-14(15)16-13-11-8-6-4-2;1-3-5-7-9-11-13(14(15)16)12-10-8-6-4-2/h3-13H2,1-2H3;13H,3-12H2,1-2H3,(H,15,16). The van der Waals surface area contributed by atoms with Crippen molar-refractivity contribution in [2.45, 2.75) is 156 Å².